The number of H-pyrrole nitrogens is 1. The third-order valence-electron chi connectivity index (χ3n) is 2.91. The van der Waals surface area contributed by atoms with Crippen LogP contribution in [0.1, 0.15) is 25.5 Å². The summed E-state index contributed by atoms with van der Waals surface area (Å²) in [6.45, 7) is 3.98. The number of hydrogen-bond donors (Lipinski definition) is 2. The molecule has 3 N–H and O–H groups in total. The summed E-state index contributed by atoms with van der Waals surface area (Å²) in [6.07, 6.45) is 0. The molecule has 0 radical (unpaired) electrons. The summed E-state index contributed by atoms with van der Waals surface area (Å²) >= 11 is 5.93. The Bertz CT molecular complexity index is 604. The molecule has 0 aliphatic heterocycles. The molecule has 0 aliphatic rings. The van der Waals surface area contributed by atoms with E-state index in [0.717, 1.165) is 10.9 Å². The van der Waals surface area contributed by atoms with E-state index in [-0.39, 0.29) is 17.5 Å². The minimum Gasteiger partial charge on any atom is -0.324 e. The van der Waals surface area contributed by atoms with Crippen molar-refractivity contribution in [1.29, 1.82) is 0 Å². The van der Waals surface area contributed by atoms with E-state index in [4.69, 9.17) is 17.3 Å². The molecule has 90 valence electrons. The van der Waals surface area contributed by atoms with Gasteiger partial charge in [0.1, 0.15) is 0 Å². The minimum absolute atomic E-state index is 0.124. The predicted octanol–water partition coefficient (Wildman–Crippen LogP) is 2.84. The number of nitrogens with two attached hydrogens (primary N) is 1. The van der Waals surface area contributed by atoms with Crippen LogP contribution in [0.5, 0.6) is 0 Å². The zero-order chi connectivity index (χ0) is 12.6. The van der Waals surface area contributed by atoms with Crippen LogP contribution in [0.4, 0.5) is 0 Å². The SMILES string of the molecule is CC(C)[C@H](N)c1cc2cc(Cl)ccc2[nH]c1=O. The maximum absolute atomic E-state index is 11.9. The average Bonchev–Trinajstić information content (AvgIpc) is 2.27. The van der Waals surface area contributed by atoms with Crippen molar-refractivity contribution < 1.29 is 0 Å². The molecule has 0 bridgehead atoms. The van der Waals surface area contributed by atoms with Gasteiger partial charge >= 0.3 is 0 Å². The summed E-state index contributed by atoms with van der Waals surface area (Å²) in [5.74, 6) is 0.215. The monoisotopic (exact) mass is 250 g/mol. The van der Waals surface area contributed by atoms with Crippen LogP contribution in [0.2, 0.25) is 5.02 Å². The smallest absolute Gasteiger partial charge is 0.253 e. The van der Waals surface area contributed by atoms with Gasteiger partial charge in [-0.2, -0.15) is 0 Å². The molecule has 0 amide bonds. The highest BCUT2D eigenvalue weighted by Gasteiger charge is 2.14. The van der Waals surface area contributed by atoms with Crippen LogP contribution in [0, 0.1) is 5.92 Å². The number of benzene rings is 1. The molecule has 0 aliphatic carbocycles. The molecule has 1 aromatic heterocycles. The fourth-order valence-corrected chi connectivity index (χ4v) is 1.98. The summed E-state index contributed by atoms with van der Waals surface area (Å²) < 4.78 is 0. The summed E-state index contributed by atoms with van der Waals surface area (Å²) in [5.41, 5.74) is 7.27. The lowest BCUT2D eigenvalue weighted by Crippen LogP contribution is -2.25. The van der Waals surface area contributed by atoms with Crippen molar-refractivity contribution in [2.75, 3.05) is 0 Å². The molecule has 0 saturated heterocycles. The van der Waals surface area contributed by atoms with E-state index in [1.54, 1.807) is 12.1 Å². The second-order valence-corrected chi connectivity index (χ2v) is 4.99. The van der Waals surface area contributed by atoms with Crippen molar-refractivity contribution in [3.8, 4) is 0 Å². The normalized spacial score (nSPS) is 13.2. The van der Waals surface area contributed by atoms with Gasteiger partial charge in [-0.05, 0) is 30.2 Å². The number of halogens is 1. The first-order chi connectivity index (χ1) is 7.99. The molecule has 17 heavy (non-hydrogen) atoms. The topological polar surface area (TPSA) is 58.9 Å². The zero-order valence-electron chi connectivity index (χ0n) is 9.83. The van der Waals surface area contributed by atoms with Gasteiger partial charge in [0, 0.05) is 27.5 Å². The van der Waals surface area contributed by atoms with Crippen LogP contribution in [0.3, 0.4) is 0 Å². The first kappa shape index (κ1) is 12.1. The molecule has 1 aromatic carbocycles. The quantitative estimate of drug-likeness (QED) is 0.861. The van der Waals surface area contributed by atoms with Crippen molar-refractivity contribution in [3.63, 3.8) is 0 Å². The number of pyridine rings is 1. The van der Waals surface area contributed by atoms with Crippen LogP contribution in [-0.2, 0) is 0 Å². The van der Waals surface area contributed by atoms with Crippen LogP contribution >= 0.6 is 11.6 Å². The van der Waals surface area contributed by atoms with Crippen molar-refractivity contribution in [2.45, 2.75) is 19.9 Å². The Morgan fingerprint density at radius 1 is 1.29 bits per heavy atom. The van der Waals surface area contributed by atoms with Crippen LogP contribution < -0.4 is 11.3 Å². The highest BCUT2D eigenvalue weighted by Crippen LogP contribution is 2.21. The summed E-state index contributed by atoms with van der Waals surface area (Å²) in [4.78, 5) is 14.7. The lowest BCUT2D eigenvalue weighted by atomic mass is 9.97. The predicted molar refractivity (Wildman–Crippen MR) is 71.3 cm³/mol. The van der Waals surface area contributed by atoms with Gasteiger partial charge in [0.25, 0.3) is 5.56 Å². The summed E-state index contributed by atoms with van der Waals surface area (Å²) in [7, 11) is 0. The van der Waals surface area contributed by atoms with E-state index in [0.29, 0.717) is 10.6 Å². The molecule has 1 atom stereocenters. The van der Waals surface area contributed by atoms with E-state index in [1.807, 2.05) is 26.0 Å². The Balaban J connectivity index is 2.65. The van der Waals surface area contributed by atoms with Crippen LogP contribution in [0.25, 0.3) is 10.9 Å². The number of hydrogen-bond acceptors (Lipinski definition) is 2. The van der Waals surface area contributed by atoms with E-state index >= 15 is 0 Å². The van der Waals surface area contributed by atoms with Gasteiger partial charge in [-0.25, -0.2) is 0 Å². The molecule has 0 unspecified atom stereocenters. The highest BCUT2D eigenvalue weighted by molar-refractivity contribution is 6.31. The second kappa shape index (κ2) is 4.51. The Morgan fingerprint density at radius 3 is 2.65 bits per heavy atom. The minimum atomic E-state index is -0.262. The van der Waals surface area contributed by atoms with Crippen LogP contribution in [0.15, 0.2) is 29.1 Å². The number of rotatable bonds is 2. The van der Waals surface area contributed by atoms with Gasteiger partial charge < -0.3 is 10.7 Å². The Labute approximate surface area is 105 Å². The Morgan fingerprint density at radius 2 is 2.00 bits per heavy atom. The third kappa shape index (κ3) is 2.35. The molecule has 1 heterocycles. The number of fused-ring (bicyclic) bond motifs is 1. The Hall–Kier alpha value is -1.32. The maximum Gasteiger partial charge on any atom is 0.253 e. The third-order valence-corrected chi connectivity index (χ3v) is 3.15. The van der Waals surface area contributed by atoms with E-state index in [1.165, 1.54) is 0 Å². The van der Waals surface area contributed by atoms with E-state index < -0.39 is 0 Å². The van der Waals surface area contributed by atoms with Crippen molar-refractivity contribution >= 4 is 22.5 Å². The van der Waals surface area contributed by atoms with Gasteiger partial charge in [-0.1, -0.05) is 25.4 Å². The molecule has 0 saturated carbocycles. The molecular weight excluding hydrogens is 236 g/mol. The molecule has 2 aromatic rings. The molecule has 0 fully saturated rings. The summed E-state index contributed by atoms with van der Waals surface area (Å²) in [6, 6.07) is 6.93. The van der Waals surface area contributed by atoms with Gasteiger partial charge in [0.2, 0.25) is 0 Å². The zero-order valence-corrected chi connectivity index (χ0v) is 10.6. The van der Waals surface area contributed by atoms with Crippen molar-refractivity contribution in [2.24, 2.45) is 11.7 Å². The number of nitrogens with one attached hydrogen (secondary N) is 1. The second-order valence-electron chi connectivity index (χ2n) is 4.56. The Kier molecular flexibility index (Phi) is 3.22. The van der Waals surface area contributed by atoms with E-state index in [9.17, 15) is 4.79 Å². The fraction of sp³-hybridized carbons (Fsp3) is 0.308. The largest absolute Gasteiger partial charge is 0.324 e. The summed E-state index contributed by atoms with van der Waals surface area (Å²) in [5, 5.41) is 1.55. The van der Waals surface area contributed by atoms with E-state index in [2.05, 4.69) is 4.98 Å². The first-order valence-corrected chi connectivity index (χ1v) is 5.95. The molecule has 2 rings (SSSR count). The van der Waals surface area contributed by atoms with Gasteiger partial charge in [0.15, 0.2) is 0 Å². The number of aromatic nitrogens is 1. The first-order valence-electron chi connectivity index (χ1n) is 5.57. The standard InChI is InChI=1S/C13H15ClN2O/c1-7(2)12(15)10-6-8-5-9(14)3-4-11(8)16-13(10)17/h3-7,12H,15H2,1-2H3,(H,16,17)/t12-/m0/s1. The van der Waals surface area contributed by atoms with Crippen LogP contribution in [-0.4, -0.2) is 4.98 Å². The van der Waals surface area contributed by atoms with Gasteiger partial charge in [-0.15, -0.1) is 0 Å². The molecule has 3 nitrogen and oxygen atoms in total. The van der Waals surface area contributed by atoms with Crippen molar-refractivity contribution in [3.05, 3.63) is 45.2 Å². The fourth-order valence-electron chi connectivity index (χ4n) is 1.80. The highest BCUT2D eigenvalue weighted by atomic mass is 35.5. The molecule has 0 spiro atoms. The molecule has 4 heteroatoms. The van der Waals surface area contributed by atoms with Gasteiger partial charge in [0.05, 0.1) is 0 Å². The molecular formula is C13H15ClN2O. The average molecular weight is 251 g/mol. The van der Waals surface area contributed by atoms with Crippen molar-refractivity contribution in [1.82, 2.24) is 4.98 Å². The number of aromatic amines is 1. The lowest BCUT2D eigenvalue weighted by Gasteiger charge is -2.15. The maximum atomic E-state index is 11.9. The van der Waals surface area contributed by atoms with Gasteiger partial charge in [-0.3, -0.25) is 4.79 Å². The lowest BCUT2D eigenvalue weighted by molar-refractivity contribution is 0.510.